The molecular weight excluding hydrogens is 224 g/mol. The number of urea groups is 1. The molecule has 0 saturated heterocycles. The monoisotopic (exact) mass is 248 g/mol. The molecule has 0 aliphatic rings. The van der Waals surface area contributed by atoms with Crippen LogP contribution in [0.25, 0.3) is 0 Å². The van der Waals surface area contributed by atoms with Gasteiger partial charge in [0.05, 0.1) is 0 Å². The molecule has 6 heteroatoms. The third-order valence-corrected chi connectivity index (χ3v) is 4.89. The van der Waals surface area contributed by atoms with Crippen LogP contribution < -0.4 is 11.1 Å². The lowest BCUT2D eigenvalue weighted by Gasteiger charge is -2.26. The van der Waals surface area contributed by atoms with Crippen LogP contribution in [0.3, 0.4) is 0 Å². The second-order valence-corrected chi connectivity index (χ2v) is 7.22. The van der Waals surface area contributed by atoms with Crippen LogP contribution in [0.1, 0.15) is 26.7 Å². The molecule has 0 rings (SSSR count). The molecule has 0 spiro atoms. The SMILES string of the molecule is CCCO[Si](C)(CCNC(N)=O)OCCC. The molecule has 16 heavy (non-hydrogen) atoms. The first kappa shape index (κ1) is 15.4. The quantitative estimate of drug-likeness (QED) is 0.608. The second-order valence-electron chi connectivity index (χ2n) is 3.87. The van der Waals surface area contributed by atoms with Crippen molar-refractivity contribution < 1.29 is 13.6 Å². The van der Waals surface area contributed by atoms with Crippen molar-refractivity contribution in [1.29, 1.82) is 0 Å². The predicted octanol–water partition coefficient (Wildman–Crippen LogP) is 1.58. The fraction of sp³-hybridized carbons (Fsp3) is 0.900. The number of nitrogens with one attached hydrogen (secondary N) is 1. The van der Waals surface area contributed by atoms with Gasteiger partial charge in [-0.3, -0.25) is 0 Å². The first-order chi connectivity index (χ1) is 7.54. The maximum atomic E-state index is 10.6. The summed E-state index contributed by atoms with van der Waals surface area (Å²) in [5.41, 5.74) is 5.01. The summed E-state index contributed by atoms with van der Waals surface area (Å²) in [7, 11) is -2.13. The van der Waals surface area contributed by atoms with E-state index in [4.69, 9.17) is 14.6 Å². The highest BCUT2D eigenvalue weighted by Gasteiger charge is 2.30. The Kier molecular flexibility index (Phi) is 8.23. The highest BCUT2D eigenvalue weighted by atomic mass is 28.4. The van der Waals surface area contributed by atoms with Gasteiger partial charge < -0.3 is 19.9 Å². The van der Waals surface area contributed by atoms with Gasteiger partial charge in [-0.05, 0) is 19.4 Å². The Balaban J connectivity index is 4.01. The van der Waals surface area contributed by atoms with Crippen LogP contribution in [0.4, 0.5) is 4.79 Å². The van der Waals surface area contributed by atoms with Crippen molar-refractivity contribution in [2.45, 2.75) is 39.3 Å². The summed E-state index contributed by atoms with van der Waals surface area (Å²) in [6, 6.07) is 0.234. The molecule has 0 heterocycles. The lowest BCUT2D eigenvalue weighted by molar-refractivity contribution is 0.173. The maximum absolute atomic E-state index is 10.6. The Morgan fingerprint density at radius 1 is 1.25 bits per heavy atom. The zero-order valence-corrected chi connectivity index (χ0v) is 11.5. The minimum Gasteiger partial charge on any atom is -0.394 e. The largest absolute Gasteiger partial charge is 0.394 e. The Labute approximate surface area is 98.9 Å². The molecule has 0 unspecified atom stereocenters. The average Bonchev–Trinajstić information content (AvgIpc) is 2.23. The van der Waals surface area contributed by atoms with Crippen LogP contribution >= 0.6 is 0 Å². The Morgan fingerprint density at radius 2 is 1.75 bits per heavy atom. The maximum Gasteiger partial charge on any atom is 0.336 e. The highest BCUT2D eigenvalue weighted by Crippen LogP contribution is 2.13. The van der Waals surface area contributed by atoms with E-state index < -0.39 is 14.6 Å². The van der Waals surface area contributed by atoms with Crippen molar-refractivity contribution >= 4 is 14.6 Å². The van der Waals surface area contributed by atoms with E-state index in [2.05, 4.69) is 19.2 Å². The lowest BCUT2D eigenvalue weighted by Crippen LogP contribution is -2.43. The number of carbonyl (C=O) groups excluding carboxylic acids is 1. The van der Waals surface area contributed by atoms with Crippen molar-refractivity contribution in [3.05, 3.63) is 0 Å². The number of hydrogen-bond donors (Lipinski definition) is 2. The third kappa shape index (κ3) is 7.67. The molecule has 0 fully saturated rings. The predicted molar refractivity (Wildman–Crippen MR) is 66.5 cm³/mol. The molecule has 0 aliphatic heterocycles. The van der Waals surface area contributed by atoms with E-state index in [1.54, 1.807) is 0 Å². The zero-order chi connectivity index (χ0) is 12.4. The van der Waals surface area contributed by atoms with Gasteiger partial charge in [-0.1, -0.05) is 13.8 Å². The summed E-state index contributed by atoms with van der Waals surface area (Å²) in [6.45, 7) is 8.10. The first-order valence-electron chi connectivity index (χ1n) is 5.85. The normalized spacial score (nSPS) is 11.4. The number of rotatable bonds is 9. The molecule has 5 nitrogen and oxygen atoms in total. The van der Waals surface area contributed by atoms with Crippen LogP contribution in [-0.4, -0.2) is 34.4 Å². The van der Waals surface area contributed by atoms with E-state index in [0.29, 0.717) is 19.8 Å². The van der Waals surface area contributed by atoms with E-state index in [1.165, 1.54) is 0 Å². The van der Waals surface area contributed by atoms with Gasteiger partial charge in [0.15, 0.2) is 0 Å². The van der Waals surface area contributed by atoms with Gasteiger partial charge in [-0.25, -0.2) is 4.79 Å². The molecule has 0 bridgehead atoms. The van der Waals surface area contributed by atoms with Crippen molar-refractivity contribution in [1.82, 2.24) is 5.32 Å². The fourth-order valence-corrected chi connectivity index (χ4v) is 3.46. The van der Waals surface area contributed by atoms with Gasteiger partial charge in [-0.2, -0.15) is 0 Å². The molecule has 0 aromatic carbocycles. The van der Waals surface area contributed by atoms with E-state index in [-0.39, 0.29) is 0 Å². The standard InChI is InChI=1S/C10H24N2O3Si/c1-4-7-14-16(3,15-8-5-2)9-6-12-10(11)13/h4-9H2,1-3H3,(H3,11,12,13). The Morgan fingerprint density at radius 3 is 2.12 bits per heavy atom. The summed E-state index contributed by atoms with van der Waals surface area (Å²) in [5, 5.41) is 2.57. The zero-order valence-electron chi connectivity index (χ0n) is 10.5. The smallest absolute Gasteiger partial charge is 0.336 e. The molecule has 0 atom stereocenters. The first-order valence-corrected chi connectivity index (χ1v) is 8.37. The highest BCUT2D eigenvalue weighted by molar-refractivity contribution is 6.66. The van der Waals surface area contributed by atoms with Gasteiger partial charge in [-0.15, -0.1) is 0 Å². The van der Waals surface area contributed by atoms with E-state index >= 15 is 0 Å². The molecule has 2 amide bonds. The molecule has 0 aromatic heterocycles. The summed E-state index contributed by atoms with van der Waals surface area (Å²) in [5.74, 6) is 0. The number of nitrogens with two attached hydrogens (primary N) is 1. The van der Waals surface area contributed by atoms with Crippen molar-refractivity contribution in [3.63, 3.8) is 0 Å². The number of hydrogen-bond acceptors (Lipinski definition) is 3. The Hall–Kier alpha value is -0.593. The average molecular weight is 248 g/mol. The van der Waals surface area contributed by atoms with Gasteiger partial charge in [0.25, 0.3) is 0 Å². The molecule has 96 valence electrons. The summed E-state index contributed by atoms with van der Waals surface area (Å²) >= 11 is 0. The van der Waals surface area contributed by atoms with Crippen molar-refractivity contribution in [2.75, 3.05) is 19.8 Å². The molecule has 0 aromatic rings. The number of amides is 2. The van der Waals surface area contributed by atoms with Gasteiger partial charge in [0.2, 0.25) is 0 Å². The number of carbonyl (C=O) groups is 1. The van der Waals surface area contributed by atoms with Crippen LogP contribution in [0, 0.1) is 0 Å². The molecule has 0 aliphatic carbocycles. The molecule has 0 radical (unpaired) electrons. The van der Waals surface area contributed by atoms with Crippen LogP contribution in [-0.2, 0) is 8.85 Å². The molecule has 0 saturated carbocycles. The van der Waals surface area contributed by atoms with Crippen molar-refractivity contribution in [3.8, 4) is 0 Å². The Bertz CT molecular complexity index is 195. The topological polar surface area (TPSA) is 73.6 Å². The van der Waals surface area contributed by atoms with Gasteiger partial charge in [0, 0.05) is 25.8 Å². The van der Waals surface area contributed by atoms with E-state index in [1.807, 2.05) is 6.55 Å². The third-order valence-electron chi connectivity index (χ3n) is 2.10. The second kappa shape index (κ2) is 8.55. The molecule has 3 N–H and O–H groups in total. The summed E-state index contributed by atoms with van der Waals surface area (Å²) in [4.78, 5) is 10.6. The number of primary amides is 1. The van der Waals surface area contributed by atoms with E-state index in [0.717, 1.165) is 18.9 Å². The molecular formula is C10H24N2O3Si. The lowest BCUT2D eigenvalue weighted by atomic mass is 10.5. The van der Waals surface area contributed by atoms with Crippen LogP contribution in [0.5, 0.6) is 0 Å². The minimum atomic E-state index is -2.13. The van der Waals surface area contributed by atoms with Gasteiger partial charge >= 0.3 is 14.6 Å². The minimum absolute atomic E-state index is 0.498. The summed E-state index contributed by atoms with van der Waals surface area (Å²) < 4.78 is 11.6. The van der Waals surface area contributed by atoms with Crippen molar-refractivity contribution in [2.24, 2.45) is 5.73 Å². The van der Waals surface area contributed by atoms with Crippen LogP contribution in [0.2, 0.25) is 12.6 Å². The van der Waals surface area contributed by atoms with E-state index in [9.17, 15) is 4.79 Å². The summed E-state index contributed by atoms with van der Waals surface area (Å²) in [6.07, 6.45) is 1.95. The van der Waals surface area contributed by atoms with Crippen LogP contribution in [0.15, 0.2) is 0 Å². The van der Waals surface area contributed by atoms with Gasteiger partial charge in [0.1, 0.15) is 0 Å². The fourth-order valence-electron chi connectivity index (χ4n) is 1.23.